The van der Waals surface area contributed by atoms with Crippen LogP contribution < -0.4 is 0 Å². The molecule has 0 radical (unpaired) electrons. The molecule has 150 valence electrons. The normalized spacial score (nSPS) is 14.5. The number of imide groups is 1. The smallest absolute Gasteiger partial charge is 0.330 e. The van der Waals surface area contributed by atoms with Crippen molar-refractivity contribution in [1.29, 1.82) is 0 Å². The van der Waals surface area contributed by atoms with Crippen LogP contribution in [0.2, 0.25) is 0 Å². The summed E-state index contributed by atoms with van der Waals surface area (Å²) in [6.07, 6.45) is -0.425. The fourth-order valence-electron chi connectivity index (χ4n) is 3.51. The highest BCUT2D eigenvalue weighted by atomic mass is 16.5. The summed E-state index contributed by atoms with van der Waals surface area (Å²) in [5.74, 6) is -3.24. The molecule has 0 spiro atoms. The van der Waals surface area contributed by atoms with Gasteiger partial charge in [0, 0.05) is 5.41 Å². The molecule has 1 heterocycles. The van der Waals surface area contributed by atoms with Crippen molar-refractivity contribution in [3.63, 3.8) is 0 Å². The standard InChI is InChI=1S/C22H21NO6/c1-22(2,12-17(24)25)18(21(28)29-13-14-8-4-3-5-9-14)23-19(26)15-10-6-7-11-16(15)20(23)27/h3-11,18H,12-13H2,1-2H3,(H,24,25). The van der Waals surface area contributed by atoms with Crippen LogP contribution in [0.3, 0.4) is 0 Å². The van der Waals surface area contributed by atoms with E-state index in [1.807, 2.05) is 6.07 Å². The SMILES string of the molecule is CC(C)(CC(=O)O)C(C(=O)OCc1ccccc1)N1C(=O)c2ccccc2C1=O. The number of aliphatic carboxylic acids is 1. The van der Waals surface area contributed by atoms with E-state index in [0.29, 0.717) is 0 Å². The summed E-state index contributed by atoms with van der Waals surface area (Å²) in [5, 5.41) is 9.30. The van der Waals surface area contributed by atoms with Gasteiger partial charge in [-0.1, -0.05) is 56.3 Å². The summed E-state index contributed by atoms with van der Waals surface area (Å²) in [6, 6.07) is 13.8. The lowest BCUT2D eigenvalue weighted by Gasteiger charge is -2.36. The van der Waals surface area contributed by atoms with E-state index in [2.05, 4.69) is 0 Å². The fraction of sp³-hybridized carbons (Fsp3) is 0.273. The highest BCUT2D eigenvalue weighted by Gasteiger charge is 2.50. The van der Waals surface area contributed by atoms with Gasteiger partial charge in [-0.25, -0.2) is 4.79 Å². The van der Waals surface area contributed by atoms with Gasteiger partial charge in [0.05, 0.1) is 17.5 Å². The number of carboxylic acids is 1. The Hall–Kier alpha value is -3.48. The number of amides is 2. The highest BCUT2D eigenvalue weighted by Crippen LogP contribution is 2.35. The number of fused-ring (bicyclic) bond motifs is 1. The first-order valence-electron chi connectivity index (χ1n) is 9.11. The Morgan fingerprint density at radius 1 is 0.966 bits per heavy atom. The van der Waals surface area contributed by atoms with E-state index >= 15 is 0 Å². The number of carbonyl (C=O) groups excluding carboxylic acids is 3. The molecule has 1 aliphatic rings. The van der Waals surface area contributed by atoms with E-state index in [4.69, 9.17) is 4.74 Å². The molecule has 0 aliphatic carbocycles. The summed E-state index contributed by atoms with van der Waals surface area (Å²) < 4.78 is 5.39. The molecule has 0 fully saturated rings. The minimum Gasteiger partial charge on any atom is -0.481 e. The van der Waals surface area contributed by atoms with Gasteiger partial charge in [-0.05, 0) is 17.7 Å². The average Bonchev–Trinajstić information content (AvgIpc) is 2.92. The predicted octanol–water partition coefficient (Wildman–Crippen LogP) is 2.90. The average molecular weight is 395 g/mol. The van der Waals surface area contributed by atoms with Gasteiger partial charge in [0.1, 0.15) is 12.6 Å². The van der Waals surface area contributed by atoms with Crippen LogP contribution in [0.5, 0.6) is 0 Å². The van der Waals surface area contributed by atoms with Gasteiger partial charge in [0.25, 0.3) is 11.8 Å². The zero-order valence-corrected chi connectivity index (χ0v) is 16.1. The Kier molecular flexibility index (Phi) is 5.50. The zero-order valence-electron chi connectivity index (χ0n) is 16.1. The van der Waals surface area contributed by atoms with Crippen LogP contribution in [0.1, 0.15) is 46.5 Å². The van der Waals surface area contributed by atoms with Gasteiger partial charge < -0.3 is 9.84 Å². The number of carboxylic acid groups (broad SMARTS) is 1. The maximum absolute atomic E-state index is 13.0. The van der Waals surface area contributed by atoms with Crippen molar-refractivity contribution in [2.24, 2.45) is 5.41 Å². The second-order valence-electron chi connectivity index (χ2n) is 7.58. The number of nitrogens with zero attached hydrogens (tertiary/aromatic N) is 1. The lowest BCUT2D eigenvalue weighted by Crippen LogP contribution is -2.54. The van der Waals surface area contributed by atoms with E-state index in [9.17, 15) is 24.3 Å². The van der Waals surface area contributed by atoms with Crippen LogP contribution in [0.15, 0.2) is 54.6 Å². The van der Waals surface area contributed by atoms with Crippen LogP contribution in [0, 0.1) is 5.41 Å². The van der Waals surface area contributed by atoms with E-state index in [0.717, 1.165) is 10.5 Å². The zero-order chi connectivity index (χ0) is 21.2. The number of rotatable bonds is 7. The predicted molar refractivity (Wildman–Crippen MR) is 103 cm³/mol. The van der Waals surface area contributed by atoms with Crippen LogP contribution >= 0.6 is 0 Å². The van der Waals surface area contributed by atoms with Crippen LogP contribution in [-0.2, 0) is 20.9 Å². The number of hydrogen-bond donors (Lipinski definition) is 1. The molecule has 2 aromatic carbocycles. The highest BCUT2D eigenvalue weighted by molar-refractivity contribution is 6.22. The summed E-state index contributed by atoms with van der Waals surface area (Å²) in [6.45, 7) is 3.00. The third-order valence-electron chi connectivity index (χ3n) is 4.88. The lowest BCUT2D eigenvalue weighted by molar-refractivity contribution is -0.155. The fourth-order valence-corrected chi connectivity index (χ4v) is 3.51. The number of benzene rings is 2. The molecule has 1 atom stereocenters. The number of ether oxygens (including phenoxy) is 1. The van der Waals surface area contributed by atoms with E-state index in [1.54, 1.807) is 36.4 Å². The second-order valence-corrected chi connectivity index (χ2v) is 7.58. The largest absolute Gasteiger partial charge is 0.481 e. The Labute approximate surface area is 167 Å². The summed E-state index contributed by atoms with van der Waals surface area (Å²) in [7, 11) is 0. The summed E-state index contributed by atoms with van der Waals surface area (Å²) in [5.41, 5.74) is -0.139. The van der Waals surface area contributed by atoms with E-state index in [-0.39, 0.29) is 17.7 Å². The number of carbonyl (C=O) groups is 4. The molecule has 0 bridgehead atoms. The topological polar surface area (TPSA) is 101 Å². The van der Waals surface area contributed by atoms with Crippen LogP contribution in [-0.4, -0.2) is 39.8 Å². The molecule has 2 amide bonds. The van der Waals surface area contributed by atoms with Crippen molar-refractivity contribution in [3.05, 3.63) is 71.3 Å². The summed E-state index contributed by atoms with van der Waals surface area (Å²) >= 11 is 0. The van der Waals surface area contributed by atoms with Gasteiger partial charge >= 0.3 is 11.9 Å². The molecule has 7 heteroatoms. The van der Waals surface area contributed by atoms with Gasteiger partial charge in [0.2, 0.25) is 0 Å². The Balaban J connectivity index is 1.94. The molecule has 1 N–H and O–H groups in total. The Bertz CT molecular complexity index is 931. The quantitative estimate of drug-likeness (QED) is 0.571. The third kappa shape index (κ3) is 4.03. The molecule has 0 saturated carbocycles. The van der Waals surface area contributed by atoms with Crippen molar-refractivity contribution < 1.29 is 29.0 Å². The van der Waals surface area contributed by atoms with Crippen molar-refractivity contribution in [2.45, 2.75) is 32.9 Å². The first kappa shape index (κ1) is 20.3. The van der Waals surface area contributed by atoms with Crippen LogP contribution in [0.4, 0.5) is 0 Å². The Morgan fingerprint density at radius 2 is 1.48 bits per heavy atom. The molecule has 2 aromatic rings. The maximum atomic E-state index is 13.0. The number of hydrogen-bond acceptors (Lipinski definition) is 5. The number of esters is 1. The minimum atomic E-state index is -1.38. The van der Waals surface area contributed by atoms with Gasteiger partial charge in [0.15, 0.2) is 0 Å². The summed E-state index contributed by atoms with van der Waals surface area (Å²) in [4.78, 5) is 51.0. The first-order chi connectivity index (χ1) is 13.7. The molecule has 1 unspecified atom stereocenters. The van der Waals surface area contributed by atoms with Crippen LogP contribution in [0.25, 0.3) is 0 Å². The third-order valence-corrected chi connectivity index (χ3v) is 4.88. The Morgan fingerprint density at radius 3 is 2.00 bits per heavy atom. The molecular formula is C22H21NO6. The molecule has 29 heavy (non-hydrogen) atoms. The minimum absolute atomic E-state index is 0.0531. The van der Waals surface area contributed by atoms with E-state index < -0.39 is 41.6 Å². The van der Waals surface area contributed by atoms with Gasteiger partial charge in [-0.3, -0.25) is 19.3 Å². The van der Waals surface area contributed by atoms with Gasteiger partial charge in [-0.15, -0.1) is 0 Å². The molecule has 1 aliphatic heterocycles. The molecular weight excluding hydrogens is 374 g/mol. The molecule has 7 nitrogen and oxygen atoms in total. The molecule has 0 saturated heterocycles. The monoisotopic (exact) mass is 395 g/mol. The van der Waals surface area contributed by atoms with Gasteiger partial charge in [-0.2, -0.15) is 0 Å². The molecule has 0 aromatic heterocycles. The van der Waals surface area contributed by atoms with Crippen molar-refractivity contribution in [3.8, 4) is 0 Å². The van der Waals surface area contributed by atoms with Crippen molar-refractivity contribution in [1.82, 2.24) is 4.90 Å². The maximum Gasteiger partial charge on any atom is 0.330 e. The van der Waals surface area contributed by atoms with Crippen molar-refractivity contribution >= 4 is 23.8 Å². The first-order valence-corrected chi connectivity index (χ1v) is 9.11. The van der Waals surface area contributed by atoms with Crippen molar-refractivity contribution in [2.75, 3.05) is 0 Å². The van der Waals surface area contributed by atoms with E-state index in [1.165, 1.54) is 26.0 Å². The second kappa shape index (κ2) is 7.87. The molecule has 3 rings (SSSR count). The lowest BCUT2D eigenvalue weighted by atomic mass is 9.80.